The maximum absolute atomic E-state index is 12.2. The van der Waals surface area contributed by atoms with E-state index in [4.69, 9.17) is 0 Å². The first-order valence-electron chi connectivity index (χ1n) is 8.80. The summed E-state index contributed by atoms with van der Waals surface area (Å²) in [4.78, 5) is 16.6. The Bertz CT molecular complexity index is 876. The molecule has 1 aromatic heterocycles. The summed E-state index contributed by atoms with van der Waals surface area (Å²) < 4.78 is 1.98. The van der Waals surface area contributed by atoms with Gasteiger partial charge in [0.15, 0.2) is 5.16 Å². The summed E-state index contributed by atoms with van der Waals surface area (Å²) in [5.74, 6) is 0.238. The van der Waals surface area contributed by atoms with Crippen LogP contribution in [-0.4, -0.2) is 26.3 Å². The first kappa shape index (κ1) is 19.2. The van der Waals surface area contributed by atoms with Gasteiger partial charge in [0, 0.05) is 19.3 Å². The van der Waals surface area contributed by atoms with E-state index in [1.54, 1.807) is 0 Å². The Kier molecular flexibility index (Phi) is 6.68. The molecular weight excluding hydrogens is 358 g/mol. The molecule has 0 saturated heterocycles. The number of aliphatic hydroxyl groups is 1. The topological polar surface area (TPSA) is 67.1 Å². The van der Waals surface area contributed by atoms with Crippen molar-refractivity contribution in [2.45, 2.75) is 31.8 Å². The number of hydrogen-bond acceptors (Lipinski definition) is 4. The van der Waals surface area contributed by atoms with Gasteiger partial charge in [0.2, 0.25) is 5.91 Å². The van der Waals surface area contributed by atoms with Gasteiger partial charge in [-0.15, -0.1) is 0 Å². The fourth-order valence-electron chi connectivity index (χ4n) is 2.62. The number of aryl methyl sites for hydroxylation is 1. The lowest BCUT2D eigenvalue weighted by molar-refractivity contribution is -0.118. The molecule has 0 atom stereocenters. The summed E-state index contributed by atoms with van der Waals surface area (Å²) in [6, 6.07) is 18.1. The summed E-state index contributed by atoms with van der Waals surface area (Å²) in [6.45, 7) is 3.11. The smallest absolute Gasteiger partial charge is 0.230 e. The molecule has 0 spiro atoms. The lowest BCUT2D eigenvalue weighted by Crippen LogP contribution is -2.24. The fraction of sp³-hybridized carbons (Fsp3) is 0.238. The van der Waals surface area contributed by atoms with Crippen LogP contribution < -0.4 is 5.32 Å². The highest BCUT2D eigenvalue weighted by molar-refractivity contribution is 7.99. The average Bonchev–Trinajstić information content (AvgIpc) is 3.09. The van der Waals surface area contributed by atoms with Gasteiger partial charge < -0.3 is 15.0 Å². The molecular formula is C21H23N3O2S. The Morgan fingerprint density at radius 3 is 2.56 bits per heavy atom. The molecule has 1 amide bonds. The number of thioether (sulfide) groups is 1. The van der Waals surface area contributed by atoms with Gasteiger partial charge in [0.1, 0.15) is 0 Å². The molecule has 0 aliphatic carbocycles. The molecule has 140 valence electrons. The van der Waals surface area contributed by atoms with E-state index in [0.29, 0.717) is 18.8 Å². The van der Waals surface area contributed by atoms with Crippen LogP contribution in [0.4, 0.5) is 0 Å². The molecule has 0 aliphatic rings. The number of rotatable bonds is 8. The van der Waals surface area contributed by atoms with Crippen molar-refractivity contribution in [3.63, 3.8) is 0 Å². The molecule has 0 aliphatic heterocycles. The second kappa shape index (κ2) is 9.39. The van der Waals surface area contributed by atoms with Crippen LogP contribution in [0, 0.1) is 6.92 Å². The van der Waals surface area contributed by atoms with E-state index in [1.807, 2.05) is 41.1 Å². The largest absolute Gasteiger partial charge is 0.390 e. The zero-order chi connectivity index (χ0) is 19.1. The number of benzene rings is 2. The van der Waals surface area contributed by atoms with E-state index in [-0.39, 0.29) is 18.3 Å². The van der Waals surface area contributed by atoms with Crippen molar-refractivity contribution in [1.82, 2.24) is 14.9 Å². The van der Waals surface area contributed by atoms with Crippen LogP contribution in [0.5, 0.6) is 0 Å². The van der Waals surface area contributed by atoms with Gasteiger partial charge in [-0.25, -0.2) is 4.98 Å². The van der Waals surface area contributed by atoms with E-state index >= 15 is 0 Å². The number of nitrogens with zero attached hydrogens (tertiary/aromatic N) is 2. The second-order valence-corrected chi connectivity index (χ2v) is 7.28. The van der Waals surface area contributed by atoms with E-state index in [0.717, 1.165) is 16.3 Å². The predicted molar refractivity (Wildman–Crippen MR) is 107 cm³/mol. The van der Waals surface area contributed by atoms with Crippen LogP contribution in [0.3, 0.4) is 0 Å². The van der Waals surface area contributed by atoms with E-state index in [2.05, 4.69) is 41.5 Å². The van der Waals surface area contributed by atoms with Gasteiger partial charge in [-0.1, -0.05) is 71.9 Å². The molecule has 2 N–H and O–H groups in total. The van der Waals surface area contributed by atoms with Crippen molar-refractivity contribution in [3.8, 4) is 0 Å². The molecule has 1 heterocycles. The molecule has 0 unspecified atom stereocenters. The molecule has 6 heteroatoms. The molecule has 0 fully saturated rings. The third-order valence-electron chi connectivity index (χ3n) is 4.09. The minimum atomic E-state index is -0.116. The highest BCUT2D eigenvalue weighted by Crippen LogP contribution is 2.19. The van der Waals surface area contributed by atoms with Gasteiger partial charge >= 0.3 is 0 Å². The molecule has 3 rings (SSSR count). The third kappa shape index (κ3) is 5.70. The van der Waals surface area contributed by atoms with Crippen molar-refractivity contribution in [2.75, 3.05) is 5.75 Å². The molecule has 3 aromatic rings. The first-order chi connectivity index (χ1) is 13.1. The van der Waals surface area contributed by atoms with Crippen molar-refractivity contribution in [1.29, 1.82) is 0 Å². The van der Waals surface area contributed by atoms with Crippen LogP contribution in [0.1, 0.15) is 22.4 Å². The number of hydrogen-bond donors (Lipinski definition) is 2. The zero-order valence-corrected chi connectivity index (χ0v) is 16.1. The lowest BCUT2D eigenvalue weighted by atomic mass is 10.1. The maximum Gasteiger partial charge on any atom is 0.230 e. The zero-order valence-electron chi connectivity index (χ0n) is 15.3. The normalized spacial score (nSPS) is 10.7. The molecule has 27 heavy (non-hydrogen) atoms. The number of amides is 1. The van der Waals surface area contributed by atoms with Gasteiger partial charge in [0.25, 0.3) is 0 Å². The van der Waals surface area contributed by atoms with Crippen molar-refractivity contribution in [2.24, 2.45) is 0 Å². The van der Waals surface area contributed by atoms with E-state index < -0.39 is 0 Å². The van der Waals surface area contributed by atoms with Gasteiger partial charge in [-0.05, 0) is 18.1 Å². The predicted octanol–water partition coefficient (Wildman–Crippen LogP) is 3.14. The summed E-state index contributed by atoms with van der Waals surface area (Å²) in [6.07, 6.45) is 1.84. The number of aliphatic hydroxyl groups excluding tert-OH is 1. The number of carbonyl (C=O) groups excluding carboxylic acids is 1. The quantitative estimate of drug-likeness (QED) is 0.588. The molecule has 2 aromatic carbocycles. The van der Waals surface area contributed by atoms with Crippen LogP contribution in [0.25, 0.3) is 0 Å². The fourth-order valence-corrected chi connectivity index (χ4v) is 3.45. The second-order valence-electron chi connectivity index (χ2n) is 6.34. The van der Waals surface area contributed by atoms with E-state index in [1.165, 1.54) is 17.3 Å². The van der Waals surface area contributed by atoms with Crippen molar-refractivity contribution < 1.29 is 9.90 Å². The van der Waals surface area contributed by atoms with Crippen LogP contribution in [0.2, 0.25) is 0 Å². The molecule has 0 saturated carbocycles. The lowest BCUT2D eigenvalue weighted by Gasteiger charge is -2.08. The molecule has 5 nitrogen and oxygen atoms in total. The minimum Gasteiger partial charge on any atom is -0.390 e. The Labute approximate surface area is 163 Å². The first-order valence-corrected chi connectivity index (χ1v) is 9.78. The standard InChI is InChI=1S/C21H23N3O2S/c1-16-7-9-18(10-8-16)12-24-13-19(14-25)23-21(24)27-15-20(26)22-11-17-5-3-2-4-6-17/h2-10,13,25H,11-12,14-15H2,1H3,(H,22,26). The highest BCUT2D eigenvalue weighted by Gasteiger charge is 2.11. The summed E-state index contributed by atoms with van der Waals surface area (Å²) in [7, 11) is 0. The summed E-state index contributed by atoms with van der Waals surface area (Å²) >= 11 is 1.38. The third-order valence-corrected chi connectivity index (χ3v) is 5.08. The van der Waals surface area contributed by atoms with Crippen LogP contribution >= 0.6 is 11.8 Å². The Balaban J connectivity index is 1.59. The van der Waals surface area contributed by atoms with Gasteiger partial charge in [-0.2, -0.15) is 0 Å². The van der Waals surface area contributed by atoms with E-state index in [9.17, 15) is 9.90 Å². The van der Waals surface area contributed by atoms with Gasteiger partial charge in [0.05, 0.1) is 18.1 Å². The monoisotopic (exact) mass is 381 g/mol. The summed E-state index contributed by atoms with van der Waals surface area (Å²) in [5.41, 5.74) is 4.04. The Morgan fingerprint density at radius 2 is 1.85 bits per heavy atom. The Hall–Kier alpha value is -2.57. The maximum atomic E-state index is 12.2. The number of imidazole rings is 1. The number of carbonyl (C=O) groups is 1. The number of nitrogens with one attached hydrogen (secondary N) is 1. The molecule has 0 bridgehead atoms. The van der Waals surface area contributed by atoms with Crippen molar-refractivity contribution in [3.05, 3.63) is 83.2 Å². The number of aromatic nitrogens is 2. The van der Waals surface area contributed by atoms with Crippen LogP contribution in [0.15, 0.2) is 66.0 Å². The van der Waals surface area contributed by atoms with Crippen molar-refractivity contribution >= 4 is 17.7 Å². The average molecular weight is 382 g/mol. The minimum absolute atomic E-state index is 0.0423. The van der Waals surface area contributed by atoms with Gasteiger partial charge in [-0.3, -0.25) is 4.79 Å². The highest BCUT2D eigenvalue weighted by atomic mass is 32.2. The van der Waals surface area contributed by atoms with Crippen LogP contribution in [-0.2, 0) is 24.5 Å². The summed E-state index contributed by atoms with van der Waals surface area (Å²) in [5, 5.41) is 13.1. The Morgan fingerprint density at radius 1 is 1.11 bits per heavy atom. The SMILES string of the molecule is Cc1ccc(Cn2cc(CO)nc2SCC(=O)NCc2ccccc2)cc1. The molecule has 0 radical (unpaired) electrons.